The first-order valence-electron chi connectivity index (χ1n) is 12.7. The van der Waals surface area contributed by atoms with E-state index in [1.807, 2.05) is 55.7 Å². The molecule has 0 fully saturated rings. The Morgan fingerprint density at radius 2 is 1.27 bits per heavy atom. The number of rotatable bonds is 10. The van der Waals surface area contributed by atoms with E-state index in [4.69, 9.17) is 9.72 Å². The van der Waals surface area contributed by atoms with Crippen molar-refractivity contribution in [3.63, 3.8) is 0 Å². The second-order valence-electron chi connectivity index (χ2n) is 8.98. The van der Waals surface area contributed by atoms with Crippen molar-refractivity contribution in [2.45, 2.75) is 25.3 Å². The van der Waals surface area contributed by atoms with Gasteiger partial charge in [-0.3, -0.25) is 4.79 Å². The Balaban J connectivity index is 1.46. The average Bonchev–Trinajstić information content (AvgIpc) is 3.44. The molecule has 0 saturated carbocycles. The molecule has 0 aliphatic rings. The second kappa shape index (κ2) is 11.1. The summed E-state index contributed by atoms with van der Waals surface area (Å²) in [6.45, 7) is 2.36. The first kappa shape index (κ1) is 24.3. The maximum atomic E-state index is 11.9. The molecule has 0 atom stereocenters. The molecule has 0 amide bonds. The van der Waals surface area contributed by atoms with Gasteiger partial charge in [-0.15, -0.1) is 0 Å². The molecule has 4 nitrogen and oxygen atoms in total. The van der Waals surface area contributed by atoms with Gasteiger partial charge in [-0.2, -0.15) is 0 Å². The lowest BCUT2D eigenvalue weighted by Gasteiger charge is -2.37. The fourth-order valence-corrected chi connectivity index (χ4v) is 4.88. The summed E-state index contributed by atoms with van der Waals surface area (Å²) in [7, 11) is 0. The third kappa shape index (κ3) is 4.96. The number of benzene rings is 4. The number of carbonyl (C=O) groups excluding carboxylic acids is 1. The van der Waals surface area contributed by atoms with Crippen molar-refractivity contribution < 1.29 is 9.53 Å². The van der Waals surface area contributed by atoms with E-state index in [0.29, 0.717) is 25.0 Å². The quantitative estimate of drug-likeness (QED) is 0.159. The predicted molar refractivity (Wildman–Crippen MR) is 147 cm³/mol. The molecule has 5 rings (SSSR count). The first-order valence-corrected chi connectivity index (χ1v) is 12.7. The highest BCUT2D eigenvalue weighted by atomic mass is 16.5. The number of nitrogens with zero attached hydrogens (tertiary/aromatic N) is 2. The van der Waals surface area contributed by atoms with Crippen LogP contribution in [0.3, 0.4) is 0 Å². The highest BCUT2D eigenvalue weighted by Gasteiger charge is 2.38. The molecule has 4 aromatic carbocycles. The van der Waals surface area contributed by atoms with Crippen LogP contribution in [0.15, 0.2) is 128 Å². The molecule has 1 aromatic heterocycles. The van der Waals surface area contributed by atoms with Crippen LogP contribution in [-0.2, 0) is 12.0 Å². The Hall–Kier alpha value is -4.44. The molecule has 1 heterocycles. The van der Waals surface area contributed by atoms with Crippen molar-refractivity contribution in [3.8, 4) is 5.75 Å². The van der Waals surface area contributed by atoms with Gasteiger partial charge in [0.25, 0.3) is 0 Å². The van der Waals surface area contributed by atoms with Crippen molar-refractivity contribution in [3.05, 3.63) is 156 Å². The fraction of sp³-hybridized carbons (Fsp3) is 0.152. The van der Waals surface area contributed by atoms with Gasteiger partial charge in [0, 0.05) is 24.6 Å². The minimum atomic E-state index is -0.572. The molecule has 0 aliphatic heterocycles. The molecule has 0 aliphatic carbocycles. The third-order valence-electron chi connectivity index (χ3n) is 6.72. The summed E-state index contributed by atoms with van der Waals surface area (Å²) in [6.07, 6.45) is 5.21. The van der Waals surface area contributed by atoms with Crippen LogP contribution in [0.1, 0.15) is 46.1 Å². The first-order chi connectivity index (χ1) is 18.2. The van der Waals surface area contributed by atoms with Crippen LogP contribution in [0.25, 0.3) is 0 Å². The number of Topliss-reactive ketones (excluding diaryl/α,β-unsaturated/α-hetero) is 1. The molecule has 5 aromatic rings. The monoisotopic (exact) mass is 486 g/mol. The van der Waals surface area contributed by atoms with Gasteiger partial charge in [-0.05, 0) is 41.0 Å². The largest absolute Gasteiger partial charge is 0.493 e. The van der Waals surface area contributed by atoms with Gasteiger partial charge in [0.2, 0.25) is 0 Å². The molecule has 0 spiro atoms. The third-order valence-corrected chi connectivity index (χ3v) is 6.72. The van der Waals surface area contributed by atoms with E-state index in [-0.39, 0.29) is 5.78 Å². The van der Waals surface area contributed by atoms with Gasteiger partial charge >= 0.3 is 0 Å². The highest BCUT2D eigenvalue weighted by Crippen LogP contribution is 2.40. The maximum Gasteiger partial charge on any atom is 0.162 e. The van der Waals surface area contributed by atoms with Crippen molar-refractivity contribution in [1.29, 1.82) is 0 Å². The molecular formula is C33H30N2O2. The summed E-state index contributed by atoms with van der Waals surface area (Å²) in [4.78, 5) is 16.6. The topological polar surface area (TPSA) is 44.1 Å². The van der Waals surface area contributed by atoms with Crippen LogP contribution >= 0.6 is 0 Å². The zero-order valence-corrected chi connectivity index (χ0v) is 21.0. The van der Waals surface area contributed by atoms with E-state index < -0.39 is 5.54 Å². The lowest BCUT2D eigenvalue weighted by Crippen LogP contribution is -2.36. The Bertz CT molecular complexity index is 1330. The summed E-state index contributed by atoms with van der Waals surface area (Å²) in [5.74, 6) is 0.884. The molecule has 0 saturated heterocycles. The normalized spacial score (nSPS) is 11.3. The number of imidazole rings is 1. The second-order valence-corrected chi connectivity index (χ2v) is 8.98. The van der Waals surface area contributed by atoms with Crippen LogP contribution in [0, 0.1) is 0 Å². The minimum absolute atomic E-state index is 0.135. The lowest BCUT2D eigenvalue weighted by atomic mass is 9.77. The Kier molecular flexibility index (Phi) is 7.27. The van der Waals surface area contributed by atoms with E-state index in [9.17, 15) is 4.79 Å². The van der Waals surface area contributed by atoms with Crippen LogP contribution in [-0.4, -0.2) is 21.9 Å². The van der Waals surface area contributed by atoms with Gasteiger partial charge < -0.3 is 9.30 Å². The standard InChI is InChI=1S/C33H30N2O2/c1-2-32(36)26-18-20-31(21-19-26)37-23-22-30-24-35(25-34-30)33(27-12-6-3-7-13-27,28-14-8-4-9-15-28)29-16-10-5-11-17-29/h3-21,24-25H,2,22-23H2,1H3. The summed E-state index contributed by atoms with van der Waals surface area (Å²) in [5.41, 5.74) is 4.58. The molecule has 0 bridgehead atoms. The van der Waals surface area contributed by atoms with Crippen molar-refractivity contribution in [1.82, 2.24) is 9.55 Å². The minimum Gasteiger partial charge on any atom is -0.493 e. The highest BCUT2D eigenvalue weighted by molar-refractivity contribution is 5.95. The number of aromatic nitrogens is 2. The summed E-state index contributed by atoms with van der Waals surface area (Å²) in [5, 5.41) is 0. The van der Waals surface area contributed by atoms with E-state index in [1.165, 1.54) is 0 Å². The molecule has 4 heteroatoms. The van der Waals surface area contributed by atoms with Crippen molar-refractivity contribution >= 4 is 5.78 Å². The molecule has 0 N–H and O–H groups in total. The number of hydrogen-bond donors (Lipinski definition) is 0. The lowest BCUT2D eigenvalue weighted by molar-refractivity contribution is 0.0988. The SMILES string of the molecule is CCC(=O)c1ccc(OCCc2cn(C(c3ccccc3)(c3ccccc3)c3ccccc3)cn2)cc1. The smallest absolute Gasteiger partial charge is 0.162 e. The molecule has 0 unspecified atom stereocenters. The number of hydrogen-bond acceptors (Lipinski definition) is 3. The summed E-state index contributed by atoms with van der Waals surface area (Å²) < 4.78 is 8.18. The number of ether oxygens (including phenoxy) is 1. The van der Waals surface area contributed by atoms with Crippen LogP contribution < -0.4 is 4.74 Å². The average molecular weight is 487 g/mol. The maximum absolute atomic E-state index is 11.9. The summed E-state index contributed by atoms with van der Waals surface area (Å²) in [6, 6.07) is 39.1. The van der Waals surface area contributed by atoms with Crippen LogP contribution in [0.5, 0.6) is 5.75 Å². The fourth-order valence-electron chi connectivity index (χ4n) is 4.88. The Morgan fingerprint density at radius 3 is 1.76 bits per heavy atom. The van der Waals surface area contributed by atoms with E-state index in [0.717, 1.165) is 28.1 Å². The van der Waals surface area contributed by atoms with Crippen LogP contribution in [0.4, 0.5) is 0 Å². The molecule has 37 heavy (non-hydrogen) atoms. The number of carbonyl (C=O) groups is 1. The predicted octanol–water partition coefficient (Wildman–Crippen LogP) is 6.94. The van der Waals surface area contributed by atoms with Gasteiger partial charge in [0.15, 0.2) is 5.78 Å². The Labute approximate surface area is 218 Å². The zero-order valence-electron chi connectivity index (χ0n) is 21.0. The van der Waals surface area contributed by atoms with E-state index >= 15 is 0 Å². The molecule has 0 radical (unpaired) electrons. The van der Waals surface area contributed by atoms with Gasteiger partial charge in [0.05, 0.1) is 18.6 Å². The van der Waals surface area contributed by atoms with E-state index in [1.54, 1.807) is 0 Å². The van der Waals surface area contributed by atoms with Crippen molar-refractivity contribution in [2.24, 2.45) is 0 Å². The van der Waals surface area contributed by atoms with Gasteiger partial charge in [-0.1, -0.05) is 97.9 Å². The van der Waals surface area contributed by atoms with Gasteiger partial charge in [-0.25, -0.2) is 4.98 Å². The Morgan fingerprint density at radius 1 is 0.757 bits per heavy atom. The van der Waals surface area contributed by atoms with Gasteiger partial charge in [0.1, 0.15) is 11.3 Å². The van der Waals surface area contributed by atoms with Crippen LogP contribution in [0.2, 0.25) is 0 Å². The van der Waals surface area contributed by atoms with Crippen molar-refractivity contribution in [2.75, 3.05) is 6.61 Å². The van der Waals surface area contributed by atoms with E-state index in [2.05, 4.69) is 83.6 Å². The molecule has 184 valence electrons. The number of ketones is 1. The summed E-state index contributed by atoms with van der Waals surface area (Å²) >= 11 is 0. The zero-order chi connectivity index (χ0) is 25.5. The molecular weight excluding hydrogens is 456 g/mol.